The van der Waals surface area contributed by atoms with E-state index in [1.54, 1.807) is 30.6 Å². The van der Waals surface area contributed by atoms with Crippen molar-refractivity contribution in [3.63, 3.8) is 0 Å². The first-order valence-corrected chi connectivity index (χ1v) is 10.3. The topological polar surface area (TPSA) is 33.2 Å². The molecule has 0 unspecified atom stereocenters. The second-order valence-electron chi connectivity index (χ2n) is 7.69. The molecular weight excluding hydrogens is 441 g/mol. The number of ketones is 1. The molecule has 0 N–H and O–H groups in total. The summed E-state index contributed by atoms with van der Waals surface area (Å²) < 4.78 is 26.8. The number of carbonyl (C=O) groups is 1. The molecule has 162 valence electrons. The fourth-order valence-corrected chi connectivity index (χ4v) is 3.60. The molecule has 0 radical (unpaired) electrons. The summed E-state index contributed by atoms with van der Waals surface area (Å²) in [6.45, 7) is 1.11. The lowest BCUT2D eigenvalue weighted by atomic mass is 10.0. The van der Waals surface area contributed by atoms with E-state index in [0.29, 0.717) is 29.7 Å². The zero-order valence-electron chi connectivity index (χ0n) is 16.7. The van der Waals surface area contributed by atoms with Crippen LogP contribution in [-0.4, -0.2) is 21.7 Å². The van der Waals surface area contributed by atoms with Gasteiger partial charge < -0.3 is 0 Å². The maximum atomic E-state index is 13.6. The molecule has 1 fully saturated rings. The number of rotatable bonds is 8. The summed E-state index contributed by atoms with van der Waals surface area (Å²) >= 11 is 5.90. The van der Waals surface area contributed by atoms with Gasteiger partial charge in [0.25, 0.3) is 0 Å². The van der Waals surface area contributed by atoms with Crippen molar-refractivity contribution in [2.45, 2.75) is 38.4 Å². The third-order valence-corrected chi connectivity index (χ3v) is 5.47. The van der Waals surface area contributed by atoms with Crippen LogP contribution in [0.15, 0.2) is 60.9 Å². The number of carbonyl (C=O) groups excluding carboxylic acids is 1. The van der Waals surface area contributed by atoms with Crippen LogP contribution in [0.1, 0.15) is 39.9 Å². The molecule has 4 rings (SSSR count). The van der Waals surface area contributed by atoms with Crippen LogP contribution in [0.3, 0.4) is 0 Å². The van der Waals surface area contributed by atoms with Crippen molar-refractivity contribution in [3.05, 3.63) is 99.8 Å². The van der Waals surface area contributed by atoms with Gasteiger partial charge in [-0.05, 0) is 59.9 Å². The highest BCUT2D eigenvalue weighted by Crippen LogP contribution is 2.30. The Labute approximate surface area is 191 Å². The lowest BCUT2D eigenvalue weighted by Crippen LogP contribution is -2.25. The molecule has 0 bridgehead atoms. The van der Waals surface area contributed by atoms with Crippen molar-refractivity contribution in [3.8, 4) is 0 Å². The van der Waals surface area contributed by atoms with Gasteiger partial charge in [0, 0.05) is 48.5 Å². The van der Waals surface area contributed by atoms with Gasteiger partial charge in [-0.2, -0.15) is 0 Å². The van der Waals surface area contributed by atoms with Gasteiger partial charge in [0.2, 0.25) is 0 Å². The van der Waals surface area contributed by atoms with Crippen molar-refractivity contribution in [1.29, 1.82) is 0 Å². The van der Waals surface area contributed by atoms with Gasteiger partial charge in [-0.25, -0.2) is 8.78 Å². The normalized spacial score (nSPS) is 13.2. The Morgan fingerprint density at radius 3 is 2.29 bits per heavy atom. The standard InChI is InChI=1S/C24H21ClF2N2O.ClH/c25-20-4-1-16(2-5-20)11-24(30)19-9-18(12-28-13-19)15-29(21-6-7-21)14-17-3-8-22(26)23(27)10-17;/h1-5,8-10,12-13,21H,6-7,11,14-15H2;1H. The van der Waals surface area contributed by atoms with Crippen LogP contribution < -0.4 is 0 Å². The van der Waals surface area contributed by atoms with Crippen LogP contribution in [0.25, 0.3) is 0 Å². The Bertz CT molecular complexity index is 1060. The highest BCUT2D eigenvalue weighted by atomic mass is 35.5. The van der Waals surface area contributed by atoms with Gasteiger partial charge in [-0.15, -0.1) is 12.4 Å². The number of hydrogen-bond donors (Lipinski definition) is 0. The van der Waals surface area contributed by atoms with Crippen LogP contribution in [0.2, 0.25) is 5.02 Å². The summed E-state index contributed by atoms with van der Waals surface area (Å²) in [5, 5.41) is 0.635. The Morgan fingerprint density at radius 1 is 0.935 bits per heavy atom. The molecule has 1 aliphatic rings. The predicted octanol–water partition coefficient (Wildman–Crippen LogP) is 6.03. The summed E-state index contributed by atoms with van der Waals surface area (Å²) in [6, 6.07) is 13.5. The van der Waals surface area contributed by atoms with E-state index in [1.807, 2.05) is 18.2 Å². The zero-order valence-corrected chi connectivity index (χ0v) is 18.3. The fourth-order valence-electron chi connectivity index (χ4n) is 3.48. The minimum Gasteiger partial charge on any atom is -0.294 e. The summed E-state index contributed by atoms with van der Waals surface area (Å²) in [5.41, 5.74) is 3.11. The highest BCUT2D eigenvalue weighted by molar-refractivity contribution is 6.30. The van der Waals surface area contributed by atoms with E-state index in [4.69, 9.17) is 11.6 Å². The predicted molar refractivity (Wildman–Crippen MR) is 120 cm³/mol. The quantitative estimate of drug-likeness (QED) is 0.383. The van der Waals surface area contributed by atoms with Crippen molar-refractivity contribution in [2.75, 3.05) is 0 Å². The summed E-state index contributed by atoms with van der Waals surface area (Å²) in [4.78, 5) is 19.1. The van der Waals surface area contributed by atoms with Crippen LogP contribution in [0.5, 0.6) is 0 Å². The summed E-state index contributed by atoms with van der Waals surface area (Å²) in [7, 11) is 0. The van der Waals surface area contributed by atoms with Crippen molar-refractivity contribution in [1.82, 2.24) is 9.88 Å². The molecule has 31 heavy (non-hydrogen) atoms. The Hall–Kier alpha value is -2.34. The monoisotopic (exact) mass is 462 g/mol. The Morgan fingerprint density at radius 2 is 1.61 bits per heavy atom. The molecule has 1 saturated carbocycles. The average Bonchev–Trinajstić information content (AvgIpc) is 3.57. The van der Waals surface area contributed by atoms with Crippen LogP contribution >= 0.6 is 24.0 Å². The molecule has 2 aromatic carbocycles. The Kier molecular flexibility index (Phi) is 7.76. The number of pyridine rings is 1. The number of nitrogens with zero attached hydrogens (tertiary/aromatic N) is 2. The van der Waals surface area contributed by atoms with Gasteiger partial charge in [0.05, 0.1) is 0 Å². The van der Waals surface area contributed by atoms with Gasteiger partial charge in [0.1, 0.15) is 0 Å². The molecule has 0 saturated heterocycles. The number of hydrogen-bond acceptors (Lipinski definition) is 3. The minimum absolute atomic E-state index is 0. The molecular formula is C24H22Cl2F2N2O. The second kappa shape index (κ2) is 10.3. The third kappa shape index (κ3) is 6.33. The fraction of sp³-hybridized carbons (Fsp3) is 0.250. The smallest absolute Gasteiger partial charge is 0.168 e. The lowest BCUT2D eigenvalue weighted by molar-refractivity contribution is 0.0992. The second-order valence-corrected chi connectivity index (χ2v) is 8.13. The first-order chi connectivity index (χ1) is 14.5. The molecule has 3 aromatic rings. The van der Waals surface area contributed by atoms with E-state index in [9.17, 15) is 13.6 Å². The SMILES string of the molecule is Cl.O=C(Cc1ccc(Cl)cc1)c1cncc(CN(Cc2ccc(F)c(F)c2)C2CC2)c1. The first kappa shape index (κ1) is 23.3. The molecule has 1 heterocycles. The zero-order chi connectivity index (χ0) is 21.1. The van der Waals surface area contributed by atoms with E-state index in [2.05, 4.69) is 9.88 Å². The molecule has 0 amide bonds. The van der Waals surface area contributed by atoms with Crippen molar-refractivity contribution in [2.24, 2.45) is 0 Å². The first-order valence-electron chi connectivity index (χ1n) is 9.87. The summed E-state index contributed by atoms with van der Waals surface area (Å²) in [6.07, 6.45) is 5.76. The van der Waals surface area contributed by atoms with E-state index < -0.39 is 11.6 Å². The summed E-state index contributed by atoms with van der Waals surface area (Å²) in [5.74, 6) is -1.68. The molecule has 0 spiro atoms. The Balaban J connectivity index is 0.00000272. The maximum absolute atomic E-state index is 13.6. The number of aromatic nitrogens is 1. The average molecular weight is 463 g/mol. The van der Waals surface area contributed by atoms with Gasteiger partial charge in [0.15, 0.2) is 17.4 Å². The van der Waals surface area contributed by atoms with Crippen molar-refractivity contribution >= 4 is 29.8 Å². The molecule has 1 aromatic heterocycles. The van der Waals surface area contributed by atoms with Crippen molar-refractivity contribution < 1.29 is 13.6 Å². The molecule has 3 nitrogen and oxygen atoms in total. The molecule has 0 atom stereocenters. The van der Waals surface area contributed by atoms with Crippen LogP contribution in [0, 0.1) is 11.6 Å². The van der Waals surface area contributed by atoms with Gasteiger partial charge in [-0.1, -0.05) is 29.8 Å². The van der Waals surface area contributed by atoms with E-state index >= 15 is 0 Å². The number of Topliss-reactive ketones (excluding diaryl/α,β-unsaturated/α-hetero) is 1. The van der Waals surface area contributed by atoms with E-state index in [-0.39, 0.29) is 24.6 Å². The third-order valence-electron chi connectivity index (χ3n) is 5.21. The number of benzene rings is 2. The minimum atomic E-state index is -0.840. The largest absolute Gasteiger partial charge is 0.294 e. The highest BCUT2D eigenvalue weighted by Gasteiger charge is 2.29. The van der Waals surface area contributed by atoms with Crippen LogP contribution in [0.4, 0.5) is 8.78 Å². The lowest BCUT2D eigenvalue weighted by Gasteiger charge is -2.22. The molecule has 1 aliphatic carbocycles. The van der Waals surface area contributed by atoms with E-state index in [0.717, 1.165) is 35.6 Å². The van der Waals surface area contributed by atoms with E-state index in [1.165, 1.54) is 6.07 Å². The van der Waals surface area contributed by atoms with Gasteiger partial charge in [-0.3, -0.25) is 14.7 Å². The van der Waals surface area contributed by atoms with Crippen LogP contribution in [-0.2, 0) is 19.5 Å². The number of halogens is 4. The molecule has 7 heteroatoms. The van der Waals surface area contributed by atoms with Gasteiger partial charge >= 0.3 is 0 Å². The molecule has 0 aliphatic heterocycles. The maximum Gasteiger partial charge on any atom is 0.168 e.